The first-order valence-electron chi connectivity index (χ1n) is 7.15. The smallest absolute Gasteiger partial charge is 0.125 e. The fourth-order valence-electron chi connectivity index (χ4n) is 2.22. The third kappa shape index (κ3) is 4.26. The van der Waals surface area contributed by atoms with Crippen LogP contribution in [-0.2, 0) is 13.2 Å². The second kappa shape index (κ2) is 7.01. The van der Waals surface area contributed by atoms with Gasteiger partial charge in [-0.1, -0.05) is 25.4 Å². The van der Waals surface area contributed by atoms with E-state index in [2.05, 4.69) is 19.2 Å². The van der Waals surface area contributed by atoms with Gasteiger partial charge in [0, 0.05) is 16.6 Å². The number of benzene rings is 1. The van der Waals surface area contributed by atoms with E-state index in [0.717, 1.165) is 33.2 Å². The highest BCUT2D eigenvalue weighted by Gasteiger charge is 2.10. The summed E-state index contributed by atoms with van der Waals surface area (Å²) in [6.45, 7) is 9.44. The highest BCUT2D eigenvalue weighted by Crippen LogP contribution is 2.28. The summed E-state index contributed by atoms with van der Waals surface area (Å²) in [6.07, 6.45) is 1.71. The van der Waals surface area contributed by atoms with Gasteiger partial charge in [-0.3, -0.25) is 0 Å². The van der Waals surface area contributed by atoms with Crippen LogP contribution in [0.3, 0.4) is 0 Å². The summed E-state index contributed by atoms with van der Waals surface area (Å²) in [6, 6.07) is 6.21. The van der Waals surface area contributed by atoms with Gasteiger partial charge in [0.05, 0.1) is 12.8 Å². The normalized spacial score (nSPS) is 11.1. The van der Waals surface area contributed by atoms with Gasteiger partial charge >= 0.3 is 0 Å². The lowest BCUT2D eigenvalue weighted by Gasteiger charge is -2.13. The molecular weight excluding hydrogens is 286 g/mol. The van der Waals surface area contributed by atoms with Gasteiger partial charge in [0.2, 0.25) is 0 Å². The first kappa shape index (κ1) is 15.9. The third-order valence-corrected chi connectivity index (χ3v) is 3.52. The summed E-state index contributed by atoms with van der Waals surface area (Å²) < 4.78 is 11.5. The first-order chi connectivity index (χ1) is 9.97. The molecule has 2 aromatic rings. The minimum absolute atomic E-state index is 0.421. The number of aryl methyl sites for hydroxylation is 2. The van der Waals surface area contributed by atoms with Crippen LogP contribution >= 0.6 is 11.6 Å². The van der Waals surface area contributed by atoms with E-state index in [4.69, 9.17) is 20.8 Å². The van der Waals surface area contributed by atoms with Crippen molar-refractivity contribution in [2.24, 2.45) is 0 Å². The number of halogens is 1. The Labute approximate surface area is 131 Å². The highest BCUT2D eigenvalue weighted by atomic mass is 35.5. The predicted octanol–water partition coefficient (Wildman–Crippen LogP) is 4.63. The Morgan fingerprint density at radius 1 is 1.24 bits per heavy atom. The van der Waals surface area contributed by atoms with E-state index >= 15 is 0 Å². The minimum atomic E-state index is 0.421. The Bertz CT molecular complexity index is 582. The molecule has 0 aliphatic rings. The van der Waals surface area contributed by atoms with Gasteiger partial charge in [-0.15, -0.1) is 0 Å². The Kier molecular flexibility index (Phi) is 5.32. The average Bonchev–Trinajstić information content (AvgIpc) is 2.82. The second-order valence-electron chi connectivity index (χ2n) is 5.56. The number of hydrogen-bond acceptors (Lipinski definition) is 3. The predicted molar refractivity (Wildman–Crippen MR) is 85.9 cm³/mol. The SMILES string of the molecule is Cc1cc(Cl)cc(C)c1OCc1ccoc1CNC(C)C. The maximum atomic E-state index is 6.04. The van der Waals surface area contributed by atoms with Gasteiger partial charge in [0.1, 0.15) is 18.1 Å². The zero-order chi connectivity index (χ0) is 15.4. The van der Waals surface area contributed by atoms with Gasteiger partial charge in [0.25, 0.3) is 0 Å². The highest BCUT2D eigenvalue weighted by molar-refractivity contribution is 6.30. The number of hydrogen-bond donors (Lipinski definition) is 1. The molecule has 1 aromatic heterocycles. The van der Waals surface area contributed by atoms with Gasteiger partial charge in [-0.2, -0.15) is 0 Å². The number of nitrogens with one attached hydrogen (secondary N) is 1. The molecule has 0 bridgehead atoms. The van der Waals surface area contributed by atoms with Gasteiger partial charge in [-0.05, 0) is 43.2 Å². The summed E-state index contributed by atoms with van der Waals surface area (Å²) in [7, 11) is 0. The lowest BCUT2D eigenvalue weighted by molar-refractivity contribution is 0.297. The van der Waals surface area contributed by atoms with Crippen LogP contribution in [0.25, 0.3) is 0 Å². The Balaban J connectivity index is 2.05. The van der Waals surface area contributed by atoms with Crippen molar-refractivity contribution in [1.82, 2.24) is 5.32 Å². The molecule has 4 heteroatoms. The molecule has 0 fully saturated rings. The van der Waals surface area contributed by atoms with E-state index < -0.39 is 0 Å². The molecule has 0 unspecified atom stereocenters. The van der Waals surface area contributed by atoms with Crippen molar-refractivity contribution < 1.29 is 9.15 Å². The van der Waals surface area contributed by atoms with Crippen LogP contribution in [0, 0.1) is 13.8 Å². The molecule has 2 rings (SSSR count). The maximum absolute atomic E-state index is 6.04. The molecule has 0 saturated heterocycles. The van der Waals surface area contributed by atoms with Crippen molar-refractivity contribution in [3.05, 3.63) is 51.9 Å². The molecule has 0 atom stereocenters. The van der Waals surface area contributed by atoms with Crippen molar-refractivity contribution in [1.29, 1.82) is 0 Å². The van der Waals surface area contributed by atoms with E-state index in [0.29, 0.717) is 19.2 Å². The van der Waals surface area contributed by atoms with Crippen LogP contribution in [0.2, 0.25) is 5.02 Å². The van der Waals surface area contributed by atoms with Crippen LogP contribution in [0.4, 0.5) is 0 Å². The molecule has 0 aliphatic heterocycles. The zero-order valence-electron chi connectivity index (χ0n) is 13.0. The summed E-state index contributed by atoms with van der Waals surface area (Å²) in [5, 5.41) is 4.09. The number of rotatable bonds is 6. The monoisotopic (exact) mass is 307 g/mol. The van der Waals surface area contributed by atoms with E-state index in [1.807, 2.05) is 32.0 Å². The molecule has 1 aromatic carbocycles. The quantitative estimate of drug-likeness (QED) is 0.845. The molecule has 3 nitrogen and oxygen atoms in total. The van der Waals surface area contributed by atoms with Crippen molar-refractivity contribution >= 4 is 11.6 Å². The molecule has 21 heavy (non-hydrogen) atoms. The van der Waals surface area contributed by atoms with Crippen LogP contribution in [0.15, 0.2) is 28.9 Å². The first-order valence-corrected chi connectivity index (χ1v) is 7.53. The second-order valence-corrected chi connectivity index (χ2v) is 6.00. The molecule has 0 saturated carbocycles. The minimum Gasteiger partial charge on any atom is -0.488 e. The Hall–Kier alpha value is -1.45. The Morgan fingerprint density at radius 3 is 2.52 bits per heavy atom. The number of furan rings is 1. The summed E-state index contributed by atoms with van der Waals surface area (Å²) in [5.74, 6) is 1.82. The van der Waals surface area contributed by atoms with Crippen molar-refractivity contribution in [2.75, 3.05) is 0 Å². The molecule has 114 valence electrons. The fraction of sp³-hybridized carbons (Fsp3) is 0.412. The lowest BCUT2D eigenvalue weighted by atomic mass is 10.1. The molecule has 0 amide bonds. The van der Waals surface area contributed by atoms with Gasteiger partial charge < -0.3 is 14.5 Å². The Morgan fingerprint density at radius 2 is 1.90 bits per heavy atom. The lowest BCUT2D eigenvalue weighted by Crippen LogP contribution is -2.22. The van der Waals surface area contributed by atoms with E-state index in [1.165, 1.54) is 0 Å². The van der Waals surface area contributed by atoms with Crippen molar-refractivity contribution in [3.8, 4) is 5.75 Å². The molecular formula is C17H22ClNO2. The number of ether oxygens (including phenoxy) is 1. The average molecular weight is 308 g/mol. The molecule has 0 aliphatic carbocycles. The van der Waals surface area contributed by atoms with Gasteiger partial charge in [0.15, 0.2) is 0 Å². The molecule has 0 spiro atoms. The van der Waals surface area contributed by atoms with Crippen LogP contribution in [0.5, 0.6) is 5.75 Å². The zero-order valence-corrected chi connectivity index (χ0v) is 13.8. The van der Waals surface area contributed by atoms with Crippen LogP contribution in [0.1, 0.15) is 36.3 Å². The largest absolute Gasteiger partial charge is 0.488 e. The molecule has 1 N–H and O–H groups in total. The summed E-state index contributed by atoms with van der Waals surface area (Å²) in [5.41, 5.74) is 3.16. The van der Waals surface area contributed by atoms with E-state index in [9.17, 15) is 0 Å². The van der Waals surface area contributed by atoms with Crippen molar-refractivity contribution in [2.45, 2.75) is 46.9 Å². The standard InChI is InChI=1S/C17H22ClNO2/c1-11(2)19-9-16-14(5-6-20-16)10-21-17-12(3)7-15(18)8-13(17)4/h5-8,11,19H,9-10H2,1-4H3. The summed E-state index contributed by atoms with van der Waals surface area (Å²) >= 11 is 6.04. The topological polar surface area (TPSA) is 34.4 Å². The van der Waals surface area contributed by atoms with Gasteiger partial charge in [-0.25, -0.2) is 0 Å². The molecule has 0 radical (unpaired) electrons. The fourth-order valence-corrected chi connectivity index (χ4v) is 2.55. The van der Waals surface area contributed by atoms with Crippen molar-refractivity contribution in [3.63, 3.8) is 0 Å². The third-order valence-electron chi connectivity index (χ3n) is 3.31. The van der Waals surface area contributed by atoms with Crippen LogP contribution in [-0.4, -0.2) is 6.04 Å². The maximum Gasteiger partial charge on any atom is 0.125 e. The van der Waals surface area contributed by atoms with Crippen LogP contribution < -0.4 is 10.1 Å². The van der Waals surface area contributed by atoms with E-state index in [1.54, 1.807) is 6.26 Å². The summed E-state index contributed by atoms with van der Waals surface area (Å²) in [4.78, 5) is 0. The van der Waals surface area contributed by atoms with E-state index in [-0.39, 0.29) is 0 Å². The molecule has 1 heterocycles.